The van der Waals surface area contributed by atoms with Crippen LogP contribution in [0.4, 0.5) is 0 Å². The number of hydrogen-bond acceptors (Lipinski definition) is 5. The monoisotopic (exact) mass is 472 g/mol. The Labute approximate surface area is 202 Å². The van der Waals surface area contributed by atoms with E-state index >= 15 is 0 Å². The van der Waals surface area contributed by atoms with Gasteiger partial charge in [-0.05, 0) is 55.1 Å². The number of thiocarbonyl (C=S) groups is 1. The van der Waals surface area contributed by atoms with E-state index in [1.165, 1.54) is 11.1 Å². The van der Waals surface area contributed by atoms with Crippen molar-refractivity contribution in [3.8, 4) is 10.7 Å². The van der Waals surface area contributed by atoms with Crippen LogP contribution in [0.1, 0.15) is 35.5 Å². The quantitative estimate of drug-likeness (QED) is 0.347. The number of allylic oxidation sites excluding steroid dienone is 1. The third-order valence-electron chi connectivity index (χ3n) is 5.87. The zero-order valence-corrected chi connectivity index (χ0v) is 20.1. The number of aromatic nitrogens is 2. The van der Waals surface area contributed by atoms with Crippen LogP contribution in [0.3, 0.4) is 0 Å². The molecule has 1 atom stereocenters. The van der Waals surface area contributed by atoms with Gasteiger partial charge < -0.3 is 14.7 Å². The molecule has 5 rings (SSSR count). The Bertz CT molecular complexity index is 1280. The van der Waals surface area contributed by atoms with E-state index in [0.717, 1.165) is 34.7 Å². The third kappa shape index (κ3) is 4.47. The van der Waals surface area contributed by atoms with Crippen LogP contribution in [0.25, 0.3) is 16.3 Å². The van der Waals surface area contributed by atoms with Gasteiger partial charge in [-0.25, -0.2) is 0 Å². The Hall–Kier alpha value is -3.29. The number of thiophene rings is 1. The van der Waals surface area contributed by atoms with Gasteiger partial charge in [-0.2, -0.15) is 4.98 Å². The van der Waals surface area contributed by atoms with E-state index in [-0.39, 0.29) is 6.04 Å². The van der Waals surface area contributed by atoms with E-state index in [0.29, 0.717) is 16.8 Å². The molecule has 5 nitrogen and oxygen atoms in total. The average Bonchev–Trinajstić information content (AvgIpc) is 3.52. The van der Waals surface area contributed by atoms with Crippen LogP contribution in [0.2, 0.25) is 0 Å². The van der Waals surface area contributed by atoms with Gasteiger partial charge in [0, 0.05) is 12.2 Å². The van der Waals surface area contributed by atoms with Crippen LogP contribution in [-0.2, 0) is 6.42 Å². The first-order chi connectivity index (χ1) is 16.1. The fraction of sp³-hybridized carbons (Fsp3) is 0.192. The standard InChI is InChI=1S/C26H24N4OS2/c1-17-10-12-20(13-11-17)23-22(25-28-24(29-31-25)21-9-6-16-33-21)18(2)30(26(32)27-23)15-14-19-7-4-3-5-8-19/h3-13,16,23H,14-15H2,1-2H3,(H,27,32). The lowest BCUT2D eigenvalue weighted by atomic mass is 9.94. The Kier molecular flexibility index (Phi) is 6.07. The maximum absolute atomic E-state index is 5.81. The average molecular weight is 473 g/mol. The summed E-state index contributed by atoms with van der Waals surface area (Å²) in [4.78, 5) is 7.88. The molecule has 0 bridgehead atoms. The second kappa shape index (κ2) is 9.29. The normalized spacial score (nSPS) is 16.2. The van der Waals surface area contributed by atoms with Gasteiger partial charge in [-0.3, -0.25) is 0 Å². The Morgan fingerprint density at radius 3 is 2.55 bits per heavy atom. The smallest absolute Gasteiger partial charge is 0.258 e. The van der Waals surface area contributed by atoms with Crippen molar-refractivity contribution < 1.29 is 4.52 Å². The van der Waals surface area contributed by atoms with E-state index < -0.39 is 0 Å². The van der Waals surface area contributed by atoms with Crippen molar-refractivity contribution in [3.63, 3.8) is 0 Å². The summed E-state index contributed by atoms with van der Waals surface area (Å²) in [5.74, 6) is 1.12. The van der Waals surface area contributed by atoms with Crippen LogP contribution in [0.5, 0.6) is 0 Å². The SMILES string of the molecule is CC1=C(c2nc(-c3cccs3)no2)C(c2ccc(C)cc2)NC(=S)N1CCc1ccccc1. The van der Waals surface area contributed by atoms with Crippen molar-refractivity contribution in [2.24, 2.45) is 0 Å². The van der Waals surface area contributed by atoms with Gasteiger partial charge in [-0.15, -0.1) is 11.3 Å². The van der Waals surface area contributed by atoms with Crippen LogP contribution in [-0.4, -0.2) is 26.7 Å². The van der Waals surface area contributed by atoms with Crippen LogP contribution < -0.4 is 5.32 Å². The number of rotatable bonds is 6. The predicted octanol–water partition coefficient (Wildman–Crippen LogP) is 6.01. The van der Waals surface area contributed by atoms with Gasteiger partial charge >= 0.3 is 0 Å². The third-order valence-corrected chi connectivity index (χ3v) is 7.08. The summed E-state index contributed by atoms with van der Waals surface area (Å²) in [5, 5.41) is 10.5. The molecule has 33 heavy (non-hydrogen) atoms. The minimum absolute atomic E-state index is 0.164. The molecule has 4 aromatic rings. The lowest BCUT2D eigenvalue weighted by Crippen LogP contribution is -2.46. The Morgan fingerprint density at radius 2 is 1.82 bits per heavy atom. The molecule has 1 unspecified atom stereocenters. The van der Waals surface area contributed by atoms with Gasteiger partial charge in [0.1, 0.15) is 0 Å². The van der Waals surface area contributed by atoms with Gasteiger partial charge in [-0.1, -0.05) is 71.4 Å². The van der Waals surface area contributed by atoms with Gasteiger partial charge in [0.05, 0.1) is 16.5 Å². The van der Waals surface area contributed by atoms with Crippen molar-refractivity contribution in [2.45, 2.75) is 26.3 Å². The summed E-state index contributed by atoms with van der Waals surface area (Å²) >= 11 is 7.41. The summed E-state index contributed by atoms with van der Waals surface area (Å²) in [6.45, 7) is 4.93. The molecular weight excluding hydrogens is 448 g/mol. The maximum Gasteiger partial charge on any atom is 0.258 e. The molecular formula is C26H24N4OS2. The largest absolute Gasteiger partial charge is 0.351 e. The molecule has 7 heteroatoms. The summed E-state index contributed by atoms with van der Waals surface area (Å²) in [6, 6.07) is 22.7. The molecule has 1 aliphatic heterocycles. The number of nitrogens with zero attached hydrogens (tertiary/aromatic N) is 3. The van der Waals surface area contributed by atoms with Crippen LogP contribution in [0.15, 0.2) is 82.3 Å². The van der Waals surface area contributed by atoms with Gasteiger partial charge in [0.15, 0.2) is 5.11 Å². The van der Waals surface area contributed by atoms with E-state index in [2.05, 4.69) is 77.8 Å². The first-order valence-corrected chi connectivity index (χ1v) is 12.2. The topological polar surface area (TPSA) is 54.2 Å². The fourth-order valence-corrected chi connectivity index (χ4v) is 5.06. The Balaban J connectivity index is 1.54. The molecule has 0 aliphatic carbocycles. The highest BCUT2D eigenvalue weighted by Gasteiger charge is 2.34. The summed E-state index contributed by atoms with van der Waals surface area (Å²) in [6.07, 6.45) is 0.882. The summed E-state index contributed by atoms with van der Waals surface area (Å²) in [7, 11) is 0. The fourth-order valence-electron chi connectivity index (χ4n) is 4.06. The van der Waals surface area contributed by atoms with Crippen molar-refractivity contribution in [3.05, 3.63) is 100 Å². The molecule has 166 valence electrons. The Morgan fingerprint density at radius 1 is 1.03 bits per heavy atom. The van der Waals surface area contributed by atoms with E-state index in [1.807, 2.05) is 23.6 Å². The van der Waals surface area contributed by atoms with Crippen LogP contribution in [0, 0.1) is 6.92 Å². The highest BCUT2D eigenvalue weighted by atomic mass is 32.1. The molecule has 1 aliphatic rings. The second-order valence-corrected chi connectivity index (χ2v) is 9.41. The molecule has 0 saturated heterocycles. The highest BCUT2D eigenvalue weighted by molar-refractivity contribution is 7.80. The zero-order valence-electron chi connectivity index (χ0n) is 18.5. The second-order valence-electron chi connectivity index (χ2n) is 8.08. The number of benzene rings is 2. The maximum atomic E-state index is 5.81. The summed E-state index contributed by atoms with van der Waals surface area (Å²) < 4.78 is 5.80. The molecule has 1 N–H and O–H groups in total. The van der Waals surface area contributed by atoms with Crippen LogP contribution >= 0.6 is 23.6 Å². The van der Waals surface area contributed by atoms with Crippen molar-refractivity contribution in [1.29, 1.82) is 0 Å². The zero-order chi connectivity index (χ0) is 22.8. The molecule has 2 aromatic heterocycles. The molecule has 0 radical (unpaired) electrons. The minimum Gasteiger partial charge on any atom is -0.351 e. The molecule has 3 heterocycles. The van der Waals surface area contributed by atoms with E-state index in [1.54, 1.807) is 11.3 Å². The van der Waals surface area contributed by atoms with Crippen molar-refractivity contribution in [1.82, 2.24) is 20.4 Å². The van der Waals surface area contributed by atoms with Crippen molar-refractivity contribution >= 4 is 34.2 Å². The minimum atomic E-state index is -0.164. The van der Waals surface area contributed by atoms with Gasteiger partial charge in [0.25, 0.3) is 5.89 Å². The van der Waals surface area contributed by atoms with E-state index in [9.17, 15) is 0 Å². The lowest BCUT2D eigenvalue weighted by Gasteiger charge is -2.37. The molecule has 0 spiro atoms. The highest BCUT2D eigenvalue weighted by Crippen LogP contribution is 2.37. The number of nitrogens with one attached hydrogen (secondary N) is 1. The number of aryl methyl sites for hydroxylation is 1. The van der Waals surface area contributed by atoms with E-state index in [4.69, 9.17) is 21.7 Å². The van der Waals surface area contributed by atoms with Crippen molar-refractivity contribution in [2.75, 3.05) is 6.54 Å². The first kappa shape index (κ1) is 21.6. The molecule has 0 fully saturated rings. The molecule has 0 amide bonds. The summed E-state index contributed by atoms with van der Waals surface area (Å²) in [5.41, 5.74) is 5.57. The first-order valence-electron chi connectivity index (χ1n) is 10.9. The predicted molar refractivity (Wildman–Crippen MR) is 137 cm³/mol. The molecule has 0 saturated carbocycles. The lowest BCUT2D eigenvalue weighted by molar-refractivity contribution is 0.397. The van der Waals surface area contributed by atoms with Gasteiger partial charge in [0.2, 0.25) is 5.82 Å². The molecule has 2 aromatic carbocycles. The number of hydrogen-bond donors (Lipinski definition) is 1.